The lowest BCUT2D eigenvalue weighted by Crippen LogP contribution is -2.54. The SMILES string of the molecule is O=C(O)CCC(=O)N[C@@H]1C[C@@H](Oc2cccc(C(F)(F)F)c2)[C@H](O)[C@H]1N1CCc2ccccc2C1. The van der Waals surface area contributed by atoms with Crippen molar-refractivity contribution in [2.24, 2.45) is 0 Å². The number of carbonyl (C=O) groups excluding carboxylic acids is 1. The van der Waals surface area contributed by atoms with Crippen molar-refractivity contribution in [3.8, 4) is 5.75 Å². The van der Waals surface area contributed by atoms with Gasteiger partial charge < -0.3 is 20.3 Å². The molecular weight excluding hydrogens is 465 g/mol. The smallest absolute Gasteiger partial charge is 0.416 e. The molecule has 35 heavy (non-hydrogen) atoms. The Balaban J connectivity index is 1.54. The molecule has 0 unspecified atom stereocenters. The van der Waals surface area contributed by atoms with Crippen molar-refractivity contribution in [1.82, 2.24) is 10.2 Å². The second kappa shape index (κ2) is 10.2. The fourth-order valence-electron chi connectivity index (χ4n) is 4.91. The Bertz CT molecular complexity index is 1080. The molecule has 0 aromatic heterocycles. The minimum atomic E-state index is -4.53. The molecule has 4 rings (SSSR count). The third-order valence-electron chi connectivity index (χ3n) is 6.57. The van der Waals surface area contributed by atoms with Crippen LogP contribution in [-0.2, 0) is 28.7 Å². The van der Waals surface area contributed by atoms with Crippen LogP contribution in [0.25, 0.3) is 0 Å². The Morgan fingerprint density at radius 3 is 2.54 bits per heavy atom. The van der Waals surface area contributed by atoms with Gasteiger partial charge in [0, 0.05) is 25.9 Å². The number of amides is 1. The molecule has 7 nitrogen and oxygen atoms in total. The van der Waals surface area contributed by atoms with E-state index >= 15 is 0 Å². The first-order valence-electron chi connectivity index (χ1n) is 11.5. The third kappa shape index (κ3) is 5.94. The Hall–Kier alpha value is -3.11. The number of alkyl halides is 3. The van der Waals surface area contributed by atoms with Crippen LogP contribution in [-0.4, -0.2) is 57.8 Å². The van der Waals surface area contributed by atoms with Crippen LogP contribution < -0.4 is 10.1 Å². The number of carboxylic acid groups (broad SMARTS) is 1. The van der Waals surface area contributed by atoms with E-state index in [4.69, 9.17) is 9.84 Å². The van der Waals surface area contributed by atoms with Crippen molar-refractivity contribution < 1.29 is 37.7 Å². The molecule has 4 atom stereocenters. The molecule has 0 saturated heterocycles. The summed E-state index contributed by atoms with van der Waals surface area (Å²) < 4.78 is 45.2. The topological polar surface area (TPSA) is 99.1 Å². The van der Waals surface area contributed by atoms with Crippen LogP contribution in [0, 0.1) is 0 Å². The summed E-state index contributed by atoms with van der Waals surface area (Å²) in [6, 6.07) is 11.3. The molecule has 10 heteroatoms. The summed E-state index contributed by atoms with van der Waals surface area (Å²) in [6.45, 7) is 1.16. The summed E-state index contributed by atoms with van der Waals surface area (Å²) in [7, 11) is 0. The van der Waals surface area contributed by atoms with Crippen LogP contribution >= 0.6 is 0 Å². The van der Waals surface area contributed by atoms with Gasteiger partial charge in [-0.2, -0.15) is 13.2 Å². The van der Waals surface area contributed by atoms with Crippen LogP contribution in [0.4, 0.5) is 13.2 Å². The highest BCUT2D eigenvalue weighted by Crippen LogP contribution is 2.35. The van der Waals surface area contributed by atoms with E-state index in [-0.39, 0.29) is 25.0 Å². The number of carbonyl (C=O) groups is 2. The highest BCUT2D eigenvalue weighted by molar-refractivity contribution is 5.80. The zero-order chi connectivity index (χ0) is 25.2. The van der Waals surface area contributed by atoms with Crippen molar-refractivity contribution in [3.05, 3.63) is 65.2 Å². The fraction of sp³-hybridized carbons (Fsp3) is 0.440. The normalized spacial score (nSPS) is 24.6. The first-order chi connectivity index (χ1) is 16.6. The number of nitrogens with zero attached hydrogens (tertiary/aromatic N) is 1. The fourth-order valence-corrected chi connectivity index (χ4v) is 4.91. The number of carboxylic acids is 1. The molecule has 2 aromatic carbocycles. The van der Waals surface area contributed by atoms with E-state index in [1.165, 1.54) is 17.7 Å². The quantitative estimate of drug-likeness (QED) is 0.550. The van der Waals surface area contributed by atoms with Crippen molar-refractivity contribution >= 4 is 11.9 Å². The van der Waals surface area contributed by atoms with Crippen molar-refractivity contribution in [2.75, 3.05) is 6.54 Å². The van der Waals surface area contributed by atoms with Gasteiger partial charge in [0.1, 0.15) is 18.0 Å². The molecule has 1 aliphatic heterocycles. The molecule has 1 heterocycles. The van der Waals surface area contributed by atoms with E-state index in [2.05, 4.69) is 5.32 Å². The molecular formula is C25H27F3N2O5. The number of ether oxygens (including phenoxy) is 1. The van der Waals surface area contributed by atoms with Gasteiger partial charge in [-0.05, 0) is 35.7 Å². The van der Waals surface area contributed by atoms with Gasteiger partial charge in [0.2, 0.25) is 5.91 Å². The van der Waals surface area contributed by atoms with Crippen molar-refractivity contribution in [2.45, 2.75) is 62.7 Å². The average molecular weight is 492 g/mol. The lowest BCUT2D eigenvalue weighted by molar-refractivity contribution is -0.139. The van der Waals surface area contributed by atoms with E-state index in [0.717, 1.165) is 24.1 Å². The van der Waals surface area contributed by atoms with Crippen LogP contribution in [0.2, 0.25) is 0 Å². The summed E-state index contributed by atoms with van der Waals surface area (Å²) in [5.74, 6) is -1.59. The van der Waals surface area contributed by atoms with Crippen LogP contribution in [0.5, 0.6) is 5.75 Å². The monoisotopic (exact) mass is 492 g/mol. The van der Waals surface area contributed by atoms with Gasteiger partial charge in [0.05, 0.1) is 24.1 Å². The Morgan fingerprint density at radius 1 is 1.09 bits per heavy atom. The maximum Gasteiger partial charge on any atom is 0.416 e. The predicted molar refractivity (Wildman–Crippen MR) is 120 cm³/mol. The summed E-state index contributed by atoms with van der Waals surface area (Å²) >= 11 is 0. The zero-order valence-corrected chi connectivity index (χ0v) is 18.9. The second-order valence-corrected chi connectivity index (χ2v) is 8.96. The number of fused-ring (bicyclic) bond motifs is 1. The molecule has 188 valence electrons. The van der Waals surface area contributed by atoms with Crippen LogP contribution in [0.15, 0.2) is 48.5 Å². The van der Waals surface area contributed by atoms with E-state index in [1.807, 2.05) is 29.2 Å². The molecule has 1 amide bonds. The lowest BCUT2D eigenvalue weighted by Gasteiger charge is -2.38. The molecule has 1 saturated carbocycles. The average Bonchev–Trinajstić information content (AvgIpc) is 3.11. The number of hydrogen-bond acceptors (Lipinski definition) is 5. The molecule has 2 aliphatic rings. The Kier molecular flexibility index (Phi) is 7.32. The van der Waals surface area contributed by atoms with Crippen molar-refractivity contribution in [3.63, 3.8) is 0 Å². The minimum absolute atomic E-state index is 0.0236. The van der Waals surface area contributed by atoms with Gasteiger partial charge in [-0.3, -0.25) is 14.5 Å². The van der Waals surface area contributed by atoms with Gasteiger partial charge >= 0.3 is 12.1 Å². The highest BCUT2D eigenvalue weighted by atomic mass is 19.4. The molecule has 2 aromatic rings. The minimum Gasteiger partial charge on any atom is -0.488 e. The van der Waals surface area contributed by atoms with E-state index in [1.54, 1.807) is 0 Å². The first kappa shape index (κ1) is 25.0. The Labute approximate surface area is 200 Å². The zero-order valence-electron chi connectivity index (χ0n) is 18.9. The van der Waals surface area contributed by atoms with E-state index in [0.29, 0.717) is 13.1 Å². The summed E-state index contributed by atoms with van der Waals surface area (Å²) in [6.07, 6.45) is -6.09. The van der Waals surface area contributed by atoms with Crippen LogP contribution in [0.3, 0.4) is 0 Å². The van der Waals surface area contributed by atoms with E-state index < -0.39 is 47.9 Å². The molecule has 3 N–H and O–H groups in total. The lowest BCUT2D eigenvalue weighted by atomic mass is 9.97. The number of aliphatic carboxylic acids is 1. The number of aliphatic hydroxyl groups excluding tert-OH is 1. The van der Waals surface area contributed by atoms with E-state index in [9.17, 15) is 27.9 Å². The predicted octanol–water partition coefficient (Wildman–Crippen LogP) is 2.99. The Morgan fingerprint density at radius 2 is 1.83 bits per heavy atom. The summed E-state index contributed by atoms with van der Waals surface area (Å²) in [5, 5.41) is 22.9. The molecule has 0 bridgehead atoms. The summed E-state index contributed by atoms with van der Waals surface area (Å²) in [5.41, 5.74) is 1.45. The van der Waals surface area contributed by atoms with Gasteiger partial charge in [0.25, 0.3) is 0 Å². The summed E-state index contributed by atoms with van der Waals surface area (Å²) in [4.78, 5) is 25.3. The number of aliphatic hydroxyl groups is 1. The first-order valence-corrected chi connectivity index (χ1v) is 11.5. The maximum absolute atomic E-state index is 13.1. The highest BCUT2D eigenvalue weighted by Gasteiger charge is 2.48. The largest absolute Gasteiger partial charge is 0.488 e. The van der Waals surface area contributed by atoms with Gasteiger partial charge in [-0.15, -0.1) is 0 Å². The van der Waals surface area contributed by atoms with Crippen molar-refractivity contribution in [1.29, 1.82) is 0 Å². The standard InChI is InChI=1S/C25H27F3N2O5/c26-25(27,28)17-6-3-7-18(12-17)35-20-13-19(29-21(31)8-9-22(32)33)23(24(20)34)30-11-10-15-4-1-2-5-16(15)14-30/h1-7,12,19-20,23-24,34H,8-11,13-14H2,(H,29,31)(H,32,33)/t19-,20-,23+,24+/m1/s1. The molecule has 0 radical (unpaired) electrons. The number of nitrogens with one attached hydrogen (secondary N) is 1. The molecule has 0 spiro atoms. The molecule has 1 aliphatic carbocycles. The maximum atomic E-state index is 13.1. The van der Waals surface area contributed by atoms with Gasteiger partial charge in [0.15, 0.2) is 0 Å². The van der Waals surface area contributed by atoms with Crippen LogP contribution in [0.1, 0.15) is 36.0 Å². The number of halogens is 3. The van der Waals surface area contributed by atoms with Gasteiger partial charge in [-0.1, -0.05) is 30.3 Å². The second-order valence-electron chi connectivity index (χ2n) is 8.96. The number of rotatable bonds is 7. The van der Waals surface area contributed by atoms with Gasteiger partial charge in [-0.25, -0.2) is 0 Å². The third-order valence-corrected chi connectivity index (χ3v) is 6.57. The molecule has 1 fully saturated rings. The number of benzene rings is 2. The number of hydrogen-bond donors (Lipinski definition) is 3.